The van der Waals surface area contributed by atoms with Crippen LogP contribution >= 0.6 is 0 Å². The highest BCUT2D eigenvalue weighted by Gasteiger charge is 2.31. The third kappa shape index (κ3) is 3.32. The Hall–Kier alpha value is -2.64. The molecule has 0 saturated heterocycles. The van der Waals surface area contributed by atoms with Crippen LogP contribution in [0.5, 0.6) is 0 Å². The Morgan fingerprint density at radius 2 is 2.04 bits per heavy atom. The Kier molecular flexibility index (Phi) is 4.64. The average molecular weight is 320 g/mol. The van der Waals surface area contributed by atoms with Crippen LogP contribution in [0.4, 0.5) is 5.82 Å². The molecule has 0 fully saturated rings. The third-order valence-electron chi connectivity index (χ3n) is 4.27. The Morgan fingerprint density at radius 1 is 1.29 bits per heavy atom. The fourth-order valence-electron chi connectivity index (χ4n) is 2.72. The van der Waals surface area contributed by atoms with Gasteiger partial charge in [0.1, 0.15) is 11.9 Å². The molecule has 2 aromatic rings. The predicted molar refractivity (Wildman–Crippen MR) is 93.5 cm³/mol. The van der Waals surface area contributed by atoms with Gasteiger partial charge in [0.2, 0.25) is 5.91 Å². The molecule has 3 rings (SSSR count). The fraction of sp³-hybridized carbons (Fsp3) is 0.300. The van der Waals surface area contributed by atoms with E-state index in [0.29, 0.717) is 12.4 Å². The minimum absolute atomic E-state index is 0.141. The van der Waals surface area contributed by atoms with Crippen molar-refractivity contribution in [3.63, 3.8) is 0 Å². The molecule has 0 saturated carbocycles. The van der Waals surface area contributed by atoms with Crippen LogP contribution in [0.25, 0.3) is 0 Å². The van der Waals surface area contributed by atoms with E-state index >= 15 is 0 Å². The molecule has 122 valence electrons. The standard InChI is InChI=1S/C20H20N2O2/c1-14-5-7-16(8-6-14)9-10-18(23)15(2)20(24)22-13-11-17-4-3-12-21-19(17)22/h3-8,12,15,18,23H,11,13H2,1-2H3/t15-,18-/m1/s1. The molecule has 1 aliphatic rings. The van der Waals surface area contributed by atoms with Crippen LogP contribution < -0.4 is 4.90 Å². The molecule has 1 amide bonds. The van der Waals surface area contributed by atoms with Gasteiger partial charge in [0.15, 0.2) is 0 Å². The number of benzene rings is 1. The molecule has 24 heavy (non-hydrogen) atoms. The Balaban J connectivity index is 1.71. The minimum Gasteiger partial charge on any atom is -0.380 e. The number of pyridine rings is 1. The van der Waals surface area contributed by atoms with E-state index in [0.717, 1.165) is 23.1 Å². The summed E-state index contributed by atoms with van der Waals surface area (Å²) in [6.45, 7) is 4.32. The maximum atomic E-state index is 12.7. The zero-order valence-electron chi connectivity index (χ0n) is 13.9. The maximum absolute atomic E-state index is 12.7. The van der Waals surface area contributed by atoms with E-state index in [4.69, 9.17) is 0 Å². The summed E-state index contributed by atoms with van der Waals surface area (Å²) < 4.78 is 0. The summed E-state index contributed by atoms with van der Waals surface area (Å²) in [6.07, 6.45) is 1.47. The van der Waals surface area contributed by atoms with Crippen molar-refractivity contribution in [2.75, 3.05) is 11.4 Å². The first-order valence-corrected chi connectivity index (χ1v) is 8.08. The van der Waals surface area contributed by atoms with E-state index in [1.54, 1.807) is 18.0 Å². The van der Waals surface area contributed by atoms with E-state index in [-0.39, 0.29) is 5.91 Å². The molecule has 1 aliphatic heterocycles. The van der Waals surface area contributed by atoms with Crippen LogP contribution in [-0.2, 0) is 11.2 Å². The van der Waals surface area contributed by atoms with Gasteiger partial charge < -0.3 is 5.11 Å². The van der Waals surface area contributed by atoms with Crippen LogP contribution in [0.15, 0.2) is 42.6 Å². The summed E-state index contributed by atoms with van der Waals surface area (Å²) in [5, 5.41) is 10.3. The summed E-state index contributed by atoms with van der Waals surface area (Å²) in [5.74, 6) is 5.68. The Bertz CT molecular complexity index is 802. The van der Waals surface area contributed by atoms with Gasteiger partial charge in [0.05, 0.1) is 5.92 Å². The normalized spacial score (nSPS) is 15.2. The lowest BCUT2D eigenvalue weighted by Crippen LogP contribution is -2.38. The van der Waals surface area contributed by atoms with Gasteiger partial charge in [-0.05, 0) is 37.1 Å². The number of aromatic nitrogens is 1. The summed E-state index contributed by atoms with van der Waals surface area (Å²) in [5.41, 5.74) is 3.05. The monoisotopic (exact) mass is 320 g/mol. The zero-order valence-corrected chi connectivity index (χ0v) is 13.9. The van der Waals surface area contributed by atoms with Gasteiger partial charge in [0.25, 0.3) is 0 Å². The molecule has 0 bridgehead atoms. The van der Waals surface area contributed by atoms with Crippen LogP contribution in [0, 0.1) is 24.7 Å². The number of fused-ring (bicyclic) bond motifs is 1. The molecule has 0 aliphatic carbocycles. The number of hydrogen-bond acceptors (Lipinski definition) is 3. The highest BCUT2D eigenvalue weighted by atomic mass is 16.3. The molecular weight excluding hydrogens is 300 g/mol. The molecule has 1 N–H and O–H groups in total. The molecule has 4 heteroatoms. The summed E-state index contributed by atoms with van der Waals surface area (Å²) in [7, 11) is 0. The summed E-state index contributed by atoms with van der Waals surface area (Å²) in [4.78, 5) is 18.6. The molecule has 4 nitrogen and oxygen atoms in total. The van der Waals surface area contributed by atoms with Crippen molar-refractivity contribution >= 4 is 11.7 Å². The number of nitrogens with zero attached hydrogens (tertiary/aromatic N) is 2. The largest absolute Gasteiger partial charge is 0.380 e. The first-order valence-electron chi connectivity index (χ1n) is 8.08. The number of rotatable bonds is 2. The molecule has 1 aromatic heterocycles. The Labute approximate surface area is 142 Å². The smallest absolute Gasteiger partial charge is 0.234 e. The van der Waals surface area contributed by atoms with Gasteiger partial charge in [-0.3, -0.25) is 9.69 Å². The van der Waals surface area contributed by atoms with Gasteiger partial charge in [-0.25, -0.2) is 4.98 Å². The highest BCUT2D eigenvalue weighted by Crippen LogP contribution is 2.26. The SMILES string of the molecule is Cc1ccc(C#C[C@@H](O)[C@@H](C)C(=O)N2CCc3cccnc32)cc1. The van der Waals surface area contributed by atoms with E-state index < -0.39 is 12.0 Å². The number of carbonyl (C=O) groups excluding carboxylic acids is 1. The number of anilines is 1. The molecule has 2 atom stereocenters. The summed E-state index contributed by atoms with van der Waals surface area (Å²) >= 11 is 0. The number of aliphatic hydroxyl groups is 1. The van der Waals surface area contributed by atoms with Gasteiger partial charge in [0, 0.05) is 18.3 Å². The highest BCUT2D eigenvalue weighted by molar-refractivity contribution is 5.96. The third-order valence-corrected chi connectivity index (χ3v) is 4.27. The van der Waals surface area contributed by atoms with E-state index in [9.17, 15) is 9.90 Å². The van der Waals surface area contributed by atoms with Crippen LogP contribution in [0.2, 0.25) is 0 Å². The predicted octanol–water partition coefficient (Wildman–Crippen LogP) is 2.33. The number of aliphatic hydroxyl groups excluding tert-OH is 1. The number of aryl methyl sites for hydroxylation is 1. The van der Waals surface area contributed by atoms with Crippen molar-refractivity contribution < 1.29 is 9.90 Å². The first-order chi connectivity index (χ1) is 11.6. The van der Waals surface area contributed by atoms with Gasteiger partial charge in [-0.1, -0.05) is 42.5 Å². The lowest BCUT2D eigenvalue weighted by Gasteiger charge is -2.21. The van der Waals surface area contributed by atoms with Crippen molar-refractivity contribution in [1.29, 1.82) is 0 Å². The van der Waals surface area contributed by atoms with Crippen molar-refractivity contribution in [3.05, 3.63) is 59.3 Å². The molecule has 0 unspecified atom stereocenters. The molecule has 2 heterocycles. The van der Waals surface area contributed by atoms with Crippen LogP contribution in [0.3, 0.4) is 0 Å². The second kappa shape index (κ2) is 6.86. The second-order valence-corrected chi connectivity index (χ2v) is 6.09. The fourth-order valence-corrected chi connectivity index (χ4v) is 2.72. The summed E-state index contributed by atoms with van der Waals surface area (Å²) in [6, 6.07) is 11.6. The first kappa shape index (κ1) is 16.2. The van der Waals surface area contributed by atoms with Crippen molar-refractivity contribution in [2.24, 2.45) is 5.92 Å². The quantitative estimate of drug-likeness (QED) is 0.864. The lowest BCUT2D eigenvalue weighted by atomic mass is 10.0. The van der Waals surface area contributed by atoms with Crippen molar-refractivity contribution in [1.82, 2.24) is 4.98 Å². The van der Waals surface area contributed by atoms with Gasteiger partial charge >= 0.3 is 0 Å². The van der Waals surface area contributed by atoms with Crippen molar-refractivity contribution in [3.8, 4) is 11.8 Å². The van der Waals surface area contributed by atoms with Crippen LogP contribution in [-0.4, -0.2) is 28.6 Å². The number of amides is 1. The molecule has 0 spiro atoms. The molecular formula is C20H20N2O2. The Morgan fingerprint density at radius 3 is 2.79 bits per heavy atom. The van der Waals surface area contributed by atoms with Crippen LogP contribution in [0.1, 0.15) is 23.6 Å². The molecule has 1 aromatic carbocycles. The van der Waals surface area contributed by atoms with E-state index in [2.05, 4.69) is 16.8 Å². The van der Waals surface area contributed by atoms with Crippen molar-refractivity contribution in [2.45, 2.75) is 26.4 Å². The van der Waals surface area contributed by atoms with E-state index in [1.807, 2.05) is 43.3 Å². The lowest BCUT2D eigenvalue weighted by molar-refractivity contribution is -0.124. The second-order valence-electron chi connectivity index (χ2n) is 6.09. The number of carbonyl (C=O) groups is 1. The van der Waals surface area contributed by atoms with E-state index in [1.165, 1.54) is 0 Å². The number of hydrogen-bond donors (Lipinski definition) is 1. The minimum atomic E-state index is -1.01. The van der Waals surface area contributed by atoms with Gasteiger partial charge in [-0.15, -0.1) is 0 Å². The zero-order chi connectivity index (χ0) is 17.1. The van der Waals surface area contributed by atoms with Gasteiger partial charge in [-0.2, -0.15) is 0 Å². The topological polar surface area (TPSA) is 53.4 Å². The maximum Gasteiger partial charge on any atom is 0.234 e. The average Bonchev–Trinajstić information content (AvgIpc) is 3.03. The molecule has 0 radical (unpaired) electrons.